The average Bonchev–Trinajstić information content (AvgIpc) is 2.46. The summed E-state index contributed by atoms with van der Waals surface area (Å²) in [5.74, 6) is 1.33. The van der Waals surface area contributed by atoms with E-state index in [1.165, 1.54) is 0 Å². The molecule has 6 heteroatoms. The van der Waals surface area contributed by atoms with Crippen LogP contribution in [-0.4, -0.2) is 40.6 Å². The van der Waals surface area contributed by atoms with Gasteiger partial charge in [-0.3, -0.25) is 0 Å². The van der Waals surface area contributed by atoms with Crippen LogP contribution < -0.4 is 9.47 Å². The van der Waals surface area contributed by atoms with Gasteiger partial charge in [0, 0.05) is 42.3 Å². The Balaban J connectivity index is 2.46. The van der Waals surface area contributed by atoms with E-state index in [0.29, 0.717) is 48.3 Å². The molecular formula is C14H20BrClO4. The Hall–Kier alpha value is -0.490. The molecule has 0 fully saturated rings. The summed E-state index contributed by atoms with van der Waals surface area (Å²) in [6.07, 6.45) is 0.882. The van der Waals surface area contributed by atoms with Crippen LogP contribution in [0.3, 0.4) is 0 Å². The second-order valence-corrected chi connectivity index (χ2v) is 5.03. The van der Waals surface area contributed by atoms with Gasteiger partial charge in [-0.25, -0.2) is 0 Å². The van der Waals surface area contributed by atoms with Crippen molar-refractivity contribution >= 4 is 27.5 Å². The Morgan fingerprint density at radius 1 is 1.10 bits per heavy atom. The van der Waals surface area contributed by atoms with E-state index in [4.69, 9.17) is 30.5 Å². The number of rotatable bonds is 10. The van der Waals surface area contributed by atoms with Crippen LogP contribution in [0.25, 0.3) is 0 Å². The number of benzene rings is 1. The topological polar surface area (TPSA) is 36.9 Å². The quantitative estimate of drug-likeness (QED) is 0.467. The molecule has 1 aromatic carbocycles. The first kappa shape index (κ1) is 17.6. The fourth-order valence-corrected chi connectivity index (χ4v) is 2.29. The molecule has 1 rings (SSSR count). The maximum Gasteiger partial charge on any atom is 0.165 e. The van der Waals surface area contributed by atoms with Crippen LogP contribution in [0.1, 0.15) is 12.0 Å². The standard InChI is InChI=1S/C14H20BrClO4/c1-17-4-3-5-19-6-7-20-14-11(10-15)8-12(16)9-13(14)18-2/h8-9H,3-7,10H2,1-2H3. The lowest BCUT2D eigenvalue weighted by Gasteiger charge is -2.14. The molecule has 0 radical (unpaired) electrons. The molecule has 1 aromatic rings. The molecule has 114 valence electrons. The van der Waals surface area contributed by atoms with Crippen LogP contribution in [0.4, 0.5) is 0 Å². The Kier molecular flexibility index (Phi) is 9.02. The molecule has 0 aromatic heterocycles. The SMILES string of the molecule is COCCCOCCOc1c(CBr)cc(Cl)cc1OC. The molecule has 20 heavy (non-hydrogen) atoms. The second-order valence-electron chi connectivity index (χ2n) is 4.04. The van der Waals surface area contributed by atoms with E-state index in [1.807, 2.05) is 6.07 Å². The fourth-order valence-electron chi connectivity index (χ4n) is 1.65. The summed E-state index contributed by atoms with van der Waals surface area (Å²) >= 11 is 9.44. The normalized spacial score (nSPS) is 10.6. The minimum absolute atomic E-state index is 0.463. The van der Waals surface area contributed by atoms with Crippen molar-refractivity contribution < 1.29 is 18.9 Å². The van der Waals surface area contributed by atoms with E-state index in [2.05, 4.69) is 15.9 Å². The van der Waals surface area contributed by atoms with Crippen LogP contribution in [0.5, 0.6) is 11.5 Å². The van der Waals surface area contributed by atoms with Gasteiger partial charge in [-0.15, -0.1) is 0 Å². The van der Waals surface area contributed by atoms with E-state index < -0.39 is 0 Å². The Morgan fingerprint density at radius 3 is 2.55 bits per heavy atom. The van der Waals surface area contributed by atoms with Crippen LogP contribution in [0, 0.1) is 0 Å². The molecule has 4 nitrogen and oxygen atoms in total. The summed E-state index contributed by atoms with van der Waals surface area (Å²) in [5.41, 5.74) is 0.953. The largest absolute Gasteiger partial charge is 0.493 e. The molecule has 0 saturated carbocycles. The van der Waals surface area contributed by atoms with Crippen molar-refractivity contribution in [2.75, 3.05) is 40.6 Å². The van der Waals surface area contributed by atoms with Crippen molar-refractivity contribution in [3.63, 3.8) is 0 Å². The summed E-state index contributed by atoms with van der Waals surface area (Å²) in [6.45, 7) is 2.36. The van der Waals surface area contributed by atoms with E-state index in [-0.39, 0.29) is 0 Å². The van der Waals surface area contributed by atoms with Gasteiger partial charge in [0.05, 0.1) is 13.7 Å². The maximum atomic E-state index is 6.02. The maximum absolute atomic E-state index is 6.02. The van der Waals surface area contributed by atoms with E-state index >= 15 is 0 Å². The fraction of sp³-hybridized carbons (Fsp3) is 0.571. The van der Waals surface area contributed by atoms with Crippen molar-refractivity contribution in [1.29, 1.82) is 0 Å². The number of halogens is 2. The summed E-state index contributed by atoms with van der Waals surface area (Å²) in [6, 6.07) is 3.59. The first-order valence-corrected chi connectivity index (χ1v) is 7.84. The van der Waals surface area contributed by atoms with Gasteiger partial charge in [-0.05, 0) is 12.5 Å². The van der Waals surface area contributed by atoms with Gasteiger partial charge in [0.1, 0.15) is 6.61 Å². The Labute approximate surface area is 133 Å². The number of hydrogen-bond acceptors (Lipinski definition) is 4. The molecule has 0 aliphatic heterocycles. The highest BCUT2D eigenvalue weighted by atomic mass is 79.9. The summed E-state index contributed by atoms with van der Waals surface area (Å²) in [5, 5.41) is 1.27. The van der Waals surface area contributed by atoms with Gasteiger partial charge in [-0.2, -0.15) is 0 Å². The molecule has 0 heterocycles. The third-order valence-corrected chi connectivity index (χ3v) is 3.39. The van der Waals surface area contributed by atoms with Crippen LogP contribution in [0.15, 0.2) is 12.1 Å². The number of hydrogen-bond donors (Lipinski definition) is 0. The van der Waals surface area contributed by atoms with Gasteiger partial charge < -0.3 is 18.9 Å². The van der Waals surface area contributed by atoms with Gasteiger partial charge in [0.2, 0.25) is 0 Å². The lowest BCUT2D eigenvalue weighted by molar-refractivity contribution is 0.0798. The minimum Gasteiger partial charge on any atom is -0.493 e. The highest BCUT2D eigenvalue weighted by Crippen LogP contribution is 2.35. The molecule has 0 N–H and O–H groups in total. The molecule has 0 spiro atoms. The molecule has 0 atom stereocenters. The number of alkyl halides is 1. The second kappa shape index (κ2) is 10.3. The lowest BCUT2D eigenvalue weighted by atomic mass is 10.2. The van der Waals surface area contributed by atoms with Crippen LogP contribution in [-0.2, 0) is 14.8 Å². The third-order valence-electron chi connectivity index (χ3n) is 2.57. The third kappa shape index (κ3) is 5.87. The summed E-state index contributed by atoms with van der Waals surface area (Å²) < 4.78 is 21.4. The first-order chi connectivity index (χ1) is 9.72. The number of ether oxygens (including phenoxy) is 4. The van der Waals surface area contributed by atoms with Gasteiger partial charge in [0.15, 0.2) is 11.5 Å². The summed E-state index contributed by atoms with van der Waals surface area (Å²) in [4.78, 5) is 0. The van der Waals surface area contributed by atoms with Crippen molar-refractivity contribution in [2.24, 2.45) is 0 Å². The van der Waals surface area contributed by atoms with E-state index in [0.717, 1.165) is 12.0 Å². The highest BCUT2D eigenvalue weighted by Gasteiger charge is 2.12. The van der Waals surface area contributed by atoms with Gasteiger partial charge in [0.25, 0.3) is 0 Å². The van der Waals surface area contributed by atoms with Gasteiger partial charge >= 0.3 is 0 Å². The van der Waals surface area contributed by atoms with Crippen molar-refractivity contribution in [3.8, 4) is 11.5 Å². The van der Waals surface area contributed by atoms with Crippen LogP contribution in [0.2, 0.25) is 5.02 Å². The predicted octanol–water partition coefficient (Wildman–Crippen LogP) is 3.68. The molecule has 0 aliphatic carbocycles. The Morgan fingerprint density at radius 2 is 1.90 bits per heavy atom. The zero-order chi connectivity index (χ0) is 14.8. The van der Waals surface area contributed by atoms with Crippen LogP contribution >= 0.6 is 27.5 Å². The van der Waals surface area contributed by atoms with E-state index in [1.54, 1.807) is 20.3 Å². The lowest BCUT2D eigenvalue weighted by Crippen LogP contribution is -2.10. The average molecular weight is 368 g/mol. The van der Waals surface area contributed by atoms with E-state index in [9.17, 15) is 0 Å². The molecule has 0 amide bonds. The van der Waals surface area contributed by atoms with Crippen molar-refractivity contribution in [3.05, 3.63) is 22.7 Å². The molecule has 0 aliphatic rings. The highest BCUT2D eigenvalue weighted by molar-refractivity contribution is 9.08. The van der Waals surface area contributed by atoms with Crippen molar-refractivity contribution in [2.45, 2.75) is 11.8 Å². The van der Waals surface area contributed by atoms with Gasteiger partial charge in [-0.1, -0.05) is 27.5 Å². The number of methoxy groups -OCH3 is 2. The Bertz CT molecular complexity index is 376. The smallest absolute Gasteiger partial charge is 0.165 e. The molecule has 0 saturated heterocycles. The predicted molar refractivity (Wildman–Crippen MR) is 83.4 cm³/mol. The molecule has 0 bridgehead atoms. The first-order valence-electron chi connectivity index (χ1n) is 6.34. The summed E-state index contributed by atoms with van der Waals surface area (Å²) in [7, 11) is 3.27. The monoisotopic (exact) mass is 366 g/mol. The zero-order valence-corrected chi connectivity index (χ0v) is 14.1. The molecule has 0 unspecified atom stereocenters. The molecular weight excluding hydrogens is 348 g/mol. The minimum atomic E-state index is 0.463. The zero-order valence-electron chi connectivity index (χ0n) is 11.8. The van der Waals surface area contributed by atoms with Crippen molar-refractivity contribution in [1.82, 2.24) is 0 Å².